The molecule has 0 fully saturated rings. The first-order valence-corrected chi connectivity index (χ1v) is 7.74. The van der Waals surface area contributed by atoms with Crippen molar-refractivity contribution in [1.29, 1.82) is 0 Å². The number of ether oxygens (including phenoxy) is 1. The van der Waals surface area contributed by atoms with Crippen LogP contribution < -0.4 is 10.5 Å². The number of hydrogen-bond donors (Lipinski definition) is 1. The zero-order chi connectivity index (χ0) is 15.0. The second-order valence-corrected chi connectivity index (χ2v) is 6.31. The second-order valence-electron chi connectivity index (χ2n) is 4.88. The Balaban J connectivity index is 1.77. The minimum Gasteiger partial charge on any atom is -0.489 e. The lowest BCUT2D eigenvalue weighted by molar-refractivity contribution is 0.258. The lowest BCUT2D eigenvalue weighted by Gasteiger charge is -2.11. The summed E-state index contributed by atoms with van der Waals surface area (Å²) < 4.78 is 45.3. The van der Waals surface area contributed by atoms with Crippen LogP contribution >= 0.6 is 0 Å². The van der Waals surface area contributed by atoms with E-state index < -0.39 is 27.3 Å². The Bertz CT molecular complexity index is 673. The maximum atomic E-state index is 13.7. The highest BCUT2D eigenvalue weighted by molar-refractivity contribution is 7.85. The van der Waals surface area contributed by atoms with Gasteiger partial charge in [-0.1, -0.05) is 18.2 Å². The fourth-order valence-corrected chi connectivity index (χ4v) is 3.64. The van der Waals surface area contributed by atoms with E-state index in [2.05, 4.69) is 0 Å². The SMILES string of the molecule is Nc1cc(F)c(S(=O)CC2Cc3ccccc3O2)c(F)c1. The first-order valence-electron chi connectivity index (χ1n) is 6.42. The fraction of sp³-hybridized carbons (Fsp3) is 0.200. The van der Waals surface area contributed by atoms with Crippen molar-refractivity contribution in [2.75, 3.05) is 11.5 Å². The maximum absolute atomic E-state index is 13.7. The molecular weight excluding hydrogens is 296 g/mol. The van der Waals surface area contributed by atoms with Crippen LogP contribution in [0, 0.1) is 11.6 Å². The molecule has 0 saturated heterocycles. The van der Waals surface area contributed by atoms with Gasteiger partial charge in [-0.2, -0.15) is 0 Å². The number of rotatable bonds is 3. The highest BCUT2D eigenvalue weighted by Gasteiger charge is 2.27. The largest absolute Gasteiger partial charge is 0.489 e. The van der Waals surface area contributed by atoms with Crippen molar-refractivity contribution in [3.05, 3.63) is 53.6 Å². The summed E-state index contributed by atoms with van der Waals surface area (Å²) in [4.78, 5) is -0.441. The zero-order valence-electron chi connectivity index (χ0n) is 11.0. The molecule has 1 heterocycles. The molecule has 110 valence electrons. The summed E-state index contributed by atoms with van der Waals surface area (Å²) in [5, 5.41) is 0. The first kappa shape index (κ1) is 14.0. The van der Waals surface area contributed by atoms with Crippen LogP contribution in [0.4, 0.5) is 14.5 Å². The van der Waals surface area contributed by atoms with E-state index in [-0.39, 0.29) is 17.5 Å². The molecule has 0 bridgehead atoms. The Kier molecular flexibility index (Phi) is 3.63. The monoisotopic (exact) mass is 309 g/mol. The van der Waals surface area contributed by atoms with Crippen LogP contribution in [0.5, 0.6) is 5.75 Å². The third kappa shape index (κ3) is 2.76. The lowest BCUT2D eigenvalue weighted by atomic mass is 10.1. The van der Waals surface area contributed by atoms with Gasteiger partial charge in [0.2, 0.25) is 0 Å². The summed E-state index contributed by atoms with van der Waals surface area (Å²) in [5.74, 6) is -1.01. The number of halogens is 2. The molecule has 0 saturated carbocycles. The van der Waals surface area contributed by atoms with Crippen LogP contribution in [0.2, 0.25) is 0 Å². The van der Waals surface area contributed by atoms with Gasteiger partial charge in [0.1, 0.15) is 28.4 Å². The van der Waals surface area contributed by atoms with E-state index in [0.717, 1.165) is 23.4 Å². The van der Waals surface area contributed by atoms with Crippen molar-refractivity contribution in [3.8, 4) is 5.75 Å². The topological polar surface area (TPSA) is 52.3 Å². The van der Waals surface area contributed by atoms with E-state index in [0.29, 0.717) is 6.42 Å². The molecular formula is C15H13F2NO2S. The summed E-state index contributed by atoms with van der Waals surface area (Å²) in [7, 11) is -1.82. The van der Waals surface area contributed by atoms with Gasteiger partial charge < -0.3 is 10.5 Å². The second kappa shape index (κ2) is 5.44. The fourth-order valence-electron chi connectivity index (χ4n) is 2.40. The first-order chi connectivity index (χ1) is 10.0. The number of fused-ring (bicyclic) bond motifs is 1. The summed E-state index contributed by atoms with van der Waals surface area (Å²) in [6, 6.07) is 9.42. The Morgan fingerprint density at radius 3 is 2.57 bits per heavy atom. The van der Waals surface area contributed by atoms with Crippen molar-refractivity contribution >= 4 is 16.5 Å². The number of benzene rings is 2. The third-order valence-electron chi connectivity index (χ3n) is 3.30. The van der Waals surface area contributed by atoms with E-state index in [1.807, 2.05) is 24.3 Å². The molecule has 0 aliphatic carbocycles. The van der Waals surface area contributed by atoms with Crippen molar-refractivity contribution in [2.24, 2.45) is 0 Å². The van der Waals surface area contributed by atoms with Crippen LogP contribution in [0.1, 0.15) is 5.56 Å². The van der Waals surface area contributed by atoms with E-state index in [4.69, 9.17) is 10.5 Å². The van der Waals surface area contributed by atoms with Crippen LogP contribution in [-0.4, -0.2) is 16.1 Å². The minimum atomic E-state index is -1.82. The summed E-state index contributed by atoms with van der Waals surface area (Å²) in [5.41, 5.74) is 6.33. The standard InChI is InChI=1S/C15H13F2NO2S/c16-12-6-10(18)7-13(17)15(12)21(19)8-11-5-9-3-1-2-4-14(9)20-11/h1-4,6-7,11H,5,8,18H2. The van der Waals surface area contributed by atoms with Gasteiger partial charge in [0.15, 0.2) is 0 Å². The van der Waals surface area contributed by atoms with Gasteiger partial charge in [0.25, 0.3) is 0 Å². The molecule has 0 amide bonds. The van der Waals surface area contributed by atoms with Gasteiger partial charge in [-0.05, 0) is 23.8 Å². The maximum Gasteiger partial charge on any atom is 0.144 e. The van der Waals surface area contributed by atoms with Crippen LogP contribution in [-0.2, 0) is 17.2 Å². The van der Waals surface area contributed by atoms with Gasteiger partial charge in [0, 0.05) is 12.1 Å². The Labute approximate surface area is 123 Å². The minimum absolute atomic E-state index is 0.0322. The smallest absolute Gasteiger partial charge is 0.144 e. The molecule has 3 rings (SSSR count). The van der Waals surface area contributed by atoms with E-state index in [1.165, 1.54) is 0 Å². The van der Waals surface area contributed by atoms with Crippen molar-refractivity contribution in [2.45, 2.75) is 17.4 Å². The Morgan fingerprint density at radius 1 is 1.24 bits per heavy atom. The van der Waals surface area contributed by atoms with E-state index in [1.54, 1.807) is 0 Å². The molecule has 0 spiro atoms. The average molecular weight is 309 g/mol. The molecule has 1 aliphatic rings. The highest BCUT2D eigenvalue weighted by atomic mass is 32.2. The van der Waals surface area contributed by atoms with Gasteiger partial charge in [-0.3, -0.25) is 4.21 Å². The van der Waals surface area contributed by atoms with Gasteiger partial charge in [-0.15, -0.1) is 0 Å². The zero-order valence-corrected chi connectivity index (χ0v) is 11.8. The summed E-state index contributed by atoms with van der Waals surface area (Å²) >= 11 is 0. The molecule has 0 aromatic heterocycles. The molecule has 2 aromatic rings. The number of nitrogen functional groups attached to an aromatic ring is 1. The average Bonchev–Trinajstić information content (AvgIpc) is 2.79. The molecule has 6 heteroatoms. The van der Waals surface area contributed by atoms with Gasteiger partial charge in [0.05, 0.1) is 16.6 Å². The molecule has 2 N–H and O–H groups in total. The summed E-state index contributed by atoms with van der Waals surface area (Å²) in [6.45, 7) is 0. The van der Waals surface area contributed by atoms with Gasteiger partial charge in [-0.25, -0.2) is 8.78 Å². The van der Waals surface area contributed by atoms with E-state index in [9.17, 15) is 13.0 Å². The number of anilines is 1. The molecule has 3 nitrogen and oxygen atoms in total. The summed E-state index contributed by atoms with van der Waals surface area (Å²) in [6.07, 6.45) is 0.236. The number of nitrogens with two attached hydrogens (primary N) is 1. The molecule has 1 aliphatic heterocycles. The van der Waals surface area contributed by atoms with E-state index >= 15 is 0 Å². The predicted molar refractivity (Wildman–Crippen MR) is 76.6 cm³/mol. The van der Waals surface area contributed by atoms with Crippen LogP contribution in [0.3, 0.4) is 0 Å². The normalized spacial score (nSPS) is 18.1. The van der Waals surface area contributed by atoms with Crippen LogP contribution in [0.25, 0.3) is 0 Å². The third-order valence-corrected chi connectivity index (χ3v) is 4.82. The molecule has 2 aromatic carbocycles. The predicted octanol–water partition coefficient (Wildman–Crippen LogP) is 2.66. The van der Waals surface area contributed by atoms with Crippen molar-refractivity contribution < 1.29 is 17.7 Å². The number of para-hydroxylation sites is 1. The van der Waals surface area contributed by atoms with Crippen molar-refractivity contribution in [1.82, 2.24) is 0 Å². The molecule has 2 atom stereocenters. The Morgan fingerprint density at radius 2 is 1.90 bits per heavy atom. The molecule has 2 unspecified atom stereocenters. The highest BCUT2D eigenvalue weighted by Crippen LogP contribution is 2.29. The van der Waals surface area contributed by atoms with Crippen molar-refractivity contribution in [3.63, 3.8) is 0 Å². The van der Waals surface area contributed by atoms with Gasteiger partial charge >= 0.3 is 0 Å². The van der Waals surface area contributed by atoms with Crippen LogP contribution in [0.15, 0.2) is 41.3 Å². The Hall–Kier alpha value is -1.95. The molecule has 0 radical (unpaired) electrons. The number of hydrogen-bond acceptors (Lipinski definition) is 3. The molecule has 21 heavy (non-hydrogen) atoms. The quantitative estimate of drug-likeness (QED) is 0.887. The lowest BCUT2D eigenvalue weighted by Crippen LogP contribution is -2.22.